The number of carbonyl (C=O) groups is 1. The van der Waals surface area contributed by atoms with Gasteiger partial charge in [0.25, 0.3) is 5.91 Å². The zero-order valence-corrected chi connectivity index (χ0v) is 16.0. The van der Waals surface area contributed by atoms with Crippen molar-refractivity contribution < 1.29 is 13.2 Å². The summed E-state index contributed by atoms with van der Waals surface area (Å²) in [7, 11) is -3.29. The molecule has 0 saturated heterocycles. The summed E-state index contributed by atoms with van der Waals surface area (Å²) in [6, 6.07) is 15.8. The highest BCUT2D eigenvalue weighted by Crippen LogP contribution is 2.15. The molecule has 0 atom stereocenters. The molecule has 1 amide bonds. The Morgan fingerprint density at radius 2 is 1.63 bits per heavy atom. The molecule has 0 bridgehead atoms. The van der Waals surface area contributed by atoms with E-state index < -0.39 is 9.84 Å². The molecule has 0 aliphatic rings. The average molecular weight is 383 g/mol. The molecule has 0 aliphatic carbocycles. The lowest BCUT2D eigenvalue weighted by Crippen LogP contribution is -2.16. The summed E-state index contributed by atoms with van der Waals surface area (Å²) >= 11 is 0. The zero-order valence-electron chi connectivity index (χ0n) is 15.2. The molecule has 0 spiro atoms. The first-order valence-corrected chi connectivity index (χ1v) is 10.5. The number of nitrogens with zero attached hydrogens (tertiary/aromatic N) is 2. The predicted molar refractivity (Wildman–Crippen MR) is 105 cm³/mol. The number of amides is 1. The molecule has 3 aromatic rings. The molecule has 0 saturated carbocycles. The quantitative estimate of drug-likeness (QED) is 0.709. The molecule has 0 unspecified atom stereocenters. The second kappa shape index (κ2) is 7.75. The van der Waals surface area contributed by atoms with Crippen LogP contribution in [0.4, 0.5) is 5.82 Å². The number of rotatable bonds is 6. The molecule has 1 aromatic heterocycles. The summed E-state index contributed by atoms with van der Waals surface area (Å²) in [5.41, 5.74) is 2.73. The van der Waals surface area contributed by atoms with Crippen LogP contribution in [0.3, 0.4) is 0 Å². The number of hydrogen-bond donors (Lipinski definition) is 1. The van der Waals surface area contributed by atoms with E-state index in [2.05, 4.69) is 41.6 Å². The average Bonchev–Trinajstić information content (AvgIpc) is 3.08. The molecule has 7 heteroatoms. The van der Waals surface area contributed by atoms with E-state index in [-0.39, 0.29) is 10.8 Å². The number of anilines is 1. The molecular formula is C20H21N3O3S. The molecule has 27 heavy (non-hydrogen) atoms. The van der Waals surface area contributed by atoms with Crippen molar-refractivity contribution in [1.82, 2.24) is 9.78 Å². The van der Waals surface area contributed by atoms with E-state index in [1.165, 1.54) is 29.8 Å². The van der Waals surface area contributed by atoms with Crippen molar-refractivity contribution in [1.29, 1.82) is 0 Å². The highest BCUT2D eigenvalue weighted by Gasteiger charge is 2.12. The van der Waals surface area contributed by atoms with Gasteiger partial charge in [-0.1, -0.05) is 31.2 Å². The van der Waals surface area contributed by atoms with Gasteiger partial charge in [0.05, 0.1) is 17.6 Å². The molecule has 0 fully saturated rings. The molecule has 140 valence electrons. The third kappa shape index (κ3) is 4.62. The van der Waals surface area contributed by atoms with Crippen LogP contribution < -0.4 is 5.32 Å². The predicted octanol–water partition coefficient (Wildman–Crippen LogP) is 3.15. The van der Waals surface area contributed by atoms with E-state index in [0.717, 1.165) is 18.2 Å². The summed E-state index contributed by atoms with van der Waals surface area (Å²) in [6.07, 6.45) is 3.75. The summed E-state index contributed by atoms with van der Waals surface area (Å²) in [4.78, 5) is 12.6. The van der Waals surface area contributed by atoms with Crippen molar-refractivity contribution in [3.63, 3.8) is 0 Å². The fraction of sp³-hybridized carbons (Fsp3) is 0.200. The van der Waals surface area contributed by atoms with Gasteiger partial charge in [-0.3, -0.25) is 4.79 Å². The number of aryl methyl sites for hydroxylation is 1. The monoisotopic (exact) mass is 383 g/mol. The Kier molecular flexibility index (Phi) is 5.41. The van der Waals surface area contributed by atoms with Gasteiger partial charge in [-0.25, -0.2) is 13.1 Å². The number of sulfone groups is 1. The smallest absolute Gasteiger partial charge is 0.256 e. The fourth-order valence-corrected chi connectivity index (χ4v) is 3.29. The van der Waals surface area contributed by atoms with E-state index in [0.29, 0.717) is 17.9 Å². The molecule has 0 radical (unpaired) electrons. The number of hydrogen-bond acceptors (Lipinski definition) is 4. The first-order chi connectivity index (χ1) is 12.9. The second-order valence-corrected chi connectivity index (χ2v) is 8.31. The van der Waals surface area contributed by atoms with E-state index in [4.69, 9.17) is 0 Å². The maximum absolute atomic E-state index is 12.5. The van der Waals surface area contributed by atoms with Gasteiger partial charge in [-0.2, -0.15) is 5.10 Å². The van der Waals surface area contributed by atoms with E-state index in [1.807, 2.05) is 0 Å². The number of aromatic nitrogens is 2. The highest BCUT2D eigenvalue weighted by molar-refractivity contribution is 7.90. The van der Waals surface area contributed by atoms with Crippen molar-refractivity contribution >= 4 is 21.6 Å². The van der Waals surface area contributed by atoms with Crippen molar-refractivity contribution in [3.8, 4) is 0 Å². The van der Waals surface area contributed by atoms with Gasteiger partial charge >= 0.3 is 0 Å². The van der Waals surface area contributed by atoms with Gasteiger partial charge in [0, 0.05) is 17.9 Å². The van der Waals surface area contributed by atoms with Gasteiger partial charge in [0.2, 0.25) is 0 Å². The lowest BCUT2D eigenvalue weighted by Gasteiger charge is -2.10. The number of carbonyl (C=O) groups excluding carboxylic acids is 1. The molecule has 6 nitrogen and oxygen atoms in total. The van der Waals surface area contributed by atoms with Crippen LogP contribution in [0.2, 0.25) is 0 Å². The van der Waals surface area contributed by atoms with E-state index >= 15 is 0 Å². The summed E-state index contributed by atoms with van der Waals surface area (Å²) < 4.78 is 24.7. The molecular weight excluding hydrogens is 362 g/mol. The zero-order chi connectivity index (χ0) is 19.4. The number of benzene rings is 2. The Morgan fingerprint density at radius 3 is 2.22 bits per heavy atom. The van der Waals surface area contributed by atoms with Gasteiger partial charge in [0.15, 0.2) is 9.84 Å². The van der Waals surface area contributed by atoms with Gasteiger partial charge in [-0.15, -0.1) is 0 Å². The third-order valence-electron chi connectivity index (χ3n) is 4.27. The maximum atomic E-state index is 12.5. The van der Waals surface area contributed by atoms with Crippen LogP contribution in [-0.2, 0) is 22.8 Å². The number of nitrogens with one attached hydrogen (secondary N) is 1. The first kappa shape index (κ1) is 18.8. The highest BCUT2D eigenvalue weighted by atomic mass is 32.2. The van der Waals surface area contributed by atoms with Crippen LogP contribution in [0.25, 0.3) is 0 Å². The summed E-state index contributed by atoms with van der Waals surface area (Å²) in [5, 5.41) is 7.09. The first-order valence-electron chi connectivity index (χ1n) is 8.58. The Hall–Kier alpha value is -2.93. The van der Waals surface area contributed by atoms with Crippen molar-refractivity contribution in [2.75, 3.05) is 11.6 Å². The Morgan fingerprint density at radius 1 is 1.00 bits per heavy atom. The molecule has 0 aliphatic heterocycles. The van der Waals surface area contributed by atoms with Crippen LogP contribution in [0, 0.1) is 0 Å². The molecule has 2 aromatic carbocycles. The molecule has 1 heterocycles. The van der Waals surface area contributed by atoms with Gasteiger partial charge in [-0.05, 0) is 41.8 Å². The minimum atomic E-state index is -3.29. The Labute approximate surface area is 158 Å². The van der Waals surface area contributed by atoms with Crippen LogP contribution in [-0.4, -0.2) is 30.4 Å². The standard InChI is InChI=1S/C20H21N3O3S/c1-3-15-4-6-16(7-5-15)14-23-19(12-13-21-23)22-20(24)17-8-10-18(11-9-17)27(2,25)26/h4-13H,3,14H2,1-2H3,(H,22,24). The minimum Gasteiger partial charge on any atom is -0.307 e. The normalized spacial score (nSPS) is 11.3. The maximum Gasteiger partial charge on any atom is 0.256 e. The Bertz CT molecular complexity index is 1040. The SMILES string of the molecule is CCc1ccc(Cn2nccc2NC(=O)c2ccc(S(C)(=O)=O)cc2)cc1. The van der Waals surface area contributed by atoms with Crippen LogP contribution in [0.1, 0.15) is 28.4 Å². The fourth-order valence-electron chi connectivity index (χ4n) is 2.66. The van der Waals surface area contributed by atoms with Crippen LogP contribution in [0.5, 0.6) is 0 Å². The minimum absolute atomic E-state index is 0.180. The largest absolute Gasteiger partial charge is 0.307 e. The molecule has 3 rings (SSSR count). The van der Waals surface area contributed by atoms with Crippen molar-refractivity contribution in [2.24, 2.45) is 0 Å². The topological polar surface area (TPSA) is 81.1 Å². The molecule has 1 N–H and O–H groups in total. The van der Waals surface area contributed by atoms with E-state index in [1.54, 1.807) is 16.9 Å². The van der Waals surface area contributed by atoms with E-state index in [9.17, 15) is 13.2 Å². The second-order valence-electron chi connectivity index (χ2n) is 6.29. The van der Waals surface area contributed by atoms with Gasteiger partial charge in [0.1, 0.15) is 5.82 Å². The lowest BCUT2D eigenvalue weighted by molar-refractivity contribution is 0.102. The third-order valence-corrected chi connectivity index (χ3v) is 5.39. The summed E-state index contributed by atoms with van der Waals surface area (Å²) in [6.45, 7) is 2.65. The van der Waals surface area contributed by atoms with Crippen molar-refractivity contribution in [3.05, 3.63) is 77.5 Å². The lowest BCUT2D eigenvalue weighted by atomic mass is 10.1. The van der Waals surface area contributed by atoms with Gasteiger partial charge < -0.3 is 5.32 Å². The van der Waals surface area contributed by atoms with Crippen molar-refractivity contribution in [2.45, 2.75) is 24.8 Å². The van der Waals surface area contributed by atoms with Crippen LogP contribution >= 0.6 is 0 Å². The summed E-state index contributed by atoms with van der Waals surface area (Å²) in [5.74, 6) is 0.255. The van der Waals surface area contributed by atoms with Crippen LogP contribution in [0.15, 0.2) is 65.7 Å². The Balaban J connectivity index is 1.72.